The molecule has 2 atom stereocenters. The van der Waals surface area contributed by atoms with Crippen LogP contribution in [0.25, 0.3) is 0 Å². The maximum atomic E-state index is 12.6. The number of carbonyl (C=O) groups is 1. The Morgan fingerprint density at radius 1 is 1.04 bits per heavy atom. The summed E-state index contributed by atoms with van der Waals surface area (Å²) in [5.41, 5.74) is 1.17. The van der Waals surface area contributed by atoms with Gasteiger partial charge in [-0.2, -0.15) is 0 Å². The molecule has 5 heteroatoms. The van der Waals surface area contributed by atoms with Gasteiger partial charge in [-0.3, -0.25) is 0 Å². The quantitative estimate of drug-likeness (QED) is 0.800. The highest BCUT2D eigenvalue weighted by atomic mass is 32.2. The fourth-order valence-electron chi connectivity index (χ4n) is 3.32. The van der Waals surface area contributed by atoms with E-state index in [2.05, 4.69) is 0 Å². The van der Waals surface area contributed by atoms with Gasteiger partial charge in [0.2, 0.25) is 0 Å². The average molecular weight is 344 g/mol. The molecule has 24 heavy (non-hydrogen) atoms. The standard InChI is InChI=1S/C19H20O4S/c1-13(2)18-15-10-6-7-11-17(15)24(21,22)12-16(18)23-19(20)14-8-4-3-5-9-14/h3-11,13,16,18H,12H2,1-2H3/t16-,18-/m1/s1. The van der Waals surface area contributed by atoms with Crippen LogP contribution in [0.2, 0.25) is 0 Å². The summed E-state index contributed by atoms with van der Waals surface area (Å²) in [5.74, 6) is -0.653. The fourth-order valence-corrected chi connectivity index (χ4v) is 5.06. The first-order valence-corrected chi connectivity index (χ1v) is 9.63. The minimum absolute atomic E-state index is 0.141. The number of benzene rings is 2. The van der Waals surface area contributed by atoms with E-state index in [9.17, 15) is 13.2 Å². The Labute approximate surface area is 142 Å². The average Bonchev–Trinajstić information content (AvgIpc) is 2.55. The van der Waals surface area contributed by atoms with E-state index < -0.39 is 21.9 Å². The SMILES string of the molecule is CC(C)[C@@H]1c2ccccc2S(=O)(=O)C[C@H]1OC(=O)c1ccccc1. The number of carbonyl (C=O) groups excluding carboxylic acids is 1. The third-order valence-electron chi connectivity index (χ3n) is 4.38. The minimum atomic E-state index is -3.46. The Kier molecular flexibility index (Phi) is 4.45. The van der Waals surface area contributed by atoms with E-state index in [1.54, 1.807) is 36.4 Å². The topological polar surface area (TPSA) is 60.4 Å². The summed E-state index contributed by atoms with van der Waals surface area (Å²) < 4.78 is 30.8. The maximum absolute atomic E-state index is 12.6. The van der Waals surface area contributed by atoms with Gasteiger partial charge >= 0.3 is 5.97 Å². The molecule has 0 fully saturated rings. The molecule has 0 radical (unpaired) electrons. The smallest absolute Gasteiger partial charge is 0.338 e. The summed E-state index contributed by atoms with van der Waals surface area (Å²) in [6, 6.07) is 15.7. The van der Waals surface area contributed by atoms with Crippen molar-refractivity contribution in [1.82, 2.24) is 0 Å². The lowest BCUT2D eigenvalue weighted by atomic mass is 9.84. The zero-order valence-electron chi connectivity index (χ0n) is 13.7. The zero-order valence-corrected chi connectivity index (χ0v) is 14.5. The number of hydrogen-bond acceptors (Lipinski definition) is 4. The van der Waals surface area contributed by atoms with Crippen molar-refractivity contribution in [3.05, 3.63) is 65.7 Å². The van der Waals surface area contributed by atoms with Crippen molar-refractivity contribution in [2.75, 3.05) is 5.75 Å². The molecule has 2 aromatic rings. The van der Waals surface area contributed by atoms with E-state index in [0.717, 1.165) is 5.56 Å². The molecule has 0 aromatic heterocycles. The van der Waals surface area contributed by atoms with Crippen molar-refractivity contribution in [2.45, 2.75) is 30.8 Å². The van der Waals surface area contributed by atoms with Gasteiger partial charge in [-0.05, 0) is 29.7 Å². The Morgan fingerprint density at radius 3 is 2.33 bits per heavy atom. The van der Waals surface area contributed by atoms with Crippen LogP contribution in [0.4, 0.5) is 0 Å². The van der Waals surface area contributed by atoms with Crippen LogP contribution in [0, 0.1) is 5.92 Å². The molecule has 1 aliphatic heterocycles. The first-order chi connectivity index (χ1) is 11.4. The number of hydrogen-bond donors (Lipinski definition) is 0. The predicted molar refractivity (Wildman–Crippen MR) is 91.7 cm³/mol. The normalized spacial score (nSPS) is 22.0. The lowest BCUT2D eigenvalue weighted by Gasteiger charge is -2.35. The molecule has 0 saturated heterocycles. The molecule has 2 aromatic carbocycles. The van der Waals surface area contributed by atoms with Crippen LogP contribution >= 0.6 is 0 Å². The summed E-state index contributed by atoms with van der Waals surface area (Å²) in [6.45, 7) is 4.03. The van der Waals surface area contributed by atoms with Crippen molar-refractivity contribution in [3.8, 4) is 0 Å². The second-order valence-corrected chi connectivity index (χ2v) is 8.40. The van der Waals surface area contributed by atoms with Gasteiger partial charge in [0.15, 0.2) is 9.84 Å². The van der Waals surface area contributed by atoms with Crippen molar-refractivity contribution >= 4 is 15.8 Å². The van der Waals surface area contributed by atoms with Gasteiger partial charge in [-0.25, -0.2) is 13.2 Å². The van der Waals surface area contributed by atoms with Crippen molar-refractivity contribution in [1.29, 1.82) is 0 Å². The van der Waals surface area contributed by atoms with Gasteiger partial charge in [0, 0.05) is 5.92 Å². The van der Waals surface area contributed by atoms with E-state index in [1.165, 1.54) is 0 Å². The van der Waals surface area contributed by atoms with Crippen LogP contribution in [0.3, 0.4) is 0 Å². The van der Waals surface area contributed by atoms with E-state index in [-0.39, 0.29) is 17.6 Å². The van der Waals surface area contributed by atoms with Crippen LogP contribution in [0.1, 0.15) is 35.7 Å². The molecule has 0 bridgehead atoms. The van der Waals surface area contributed by atoms with Gasteiger partial charge < -0.3 is 4.74 Å². The third kappa shape index (κ3) is 3.08. The summed E-state index contributed by atoms with van der Waals surface area (Å²) >= 11 is 0. The lowest BCUT2D eigenvalue weighted by molar-refractivity contribution is 0.0240. The molecule has 0 aliphatic carbocycles. The number of rotatable bonds is 3. The Hall–Kier alpha value is -2.14. The molecule has 0 unspecified atom stereocenters. The van der Waals surface area contributed by atoms with E-state index in [4.69, 9.17) is 4.74 Å². The Morgan fingerprint density at radius 2 is 1.67 bits per heavy atom. The lowest BCUT2D eigenvalue weighted by Crippen LogP contribution is -2.39. The molecule has 1 aliphatic rings. The van der Waals surface area contributed by atoms with Crippen LogP contribution in [0.15, 0.2) is 59.5 Å². The van der Waals surface area contributed by atoms with Crippen LogP contribution in [-0.2, 0) is 14.6 Å². The zero-order chi connectivity index (χ0) is 17.3. The highest BCUT2D eigenvalue weighted by molar-refractivity contribution is 7.91. The van der Waals surface area contributed by atoms with Crippen molar-refractivity contribution in [3.63, 3.8) is 0 Å². The monoisotopic (exact) mass is 344 g/mol. The van der Waals surface area contributed by atoms with Crippen LogP contribution in [0.5, 0.6) is 0 Å². The summed E-state index contributed by atoms with van der Waals surface area (Å²) in [7, 11) is -3.46. The molecular weight excluding hydrogens is 324 g/mol. The third-order valence-corrected chi connectivity index (χ3v) is 6.19. The van der Waals surface area contributed by atoms with Gasteiger partial charge in [0.1, 0.15) is 6.10 Å². The molecule has 4 nitrogen and oxygen atoms in total. The predicted octanol–water partition coefficient (Wildman–Crippen LogP) is 3.44. The molecule has 0 saturated carbocycles. The summed E-state index contributed by atoms with van der Waals surface area (Å²) in [4.78, 5) is 12.7. The maximum Gasteiger partial charge on any atom is 0.338 e. The van der Waals surface area contributed by atoms with E-state index >= 15 is 0 Å². The first-order valence-electron chi connectivity index (χ1n) is 7.98. The second-order valence-electron chi connectivity index (χ2n) is 6.40. The van der Waals surface area contributed by atoms with Gasteiger partial charge in [-0.1, -0.05) is 50.2 Å². The highest BCUT2D eigenvalue weighted by Gasteiger charge is 2.41. The van der Waals surface area contributed by atoms with Crippen LogP contribution < -0.4 is 0 Å². The molecular formula is C19H20O4S. The minimum Gasteiger partial charge on any atom is -0.457 e. The Bertz CT molecular complexity index is 841. The highest BCUT2D eigenvalue weighted by Crippen LogP contribution is 2.39. The number of fused-ring (bicyclic) bond motifs is 1. The van der Waals surface area contributed by atoms with E-state index in [1.807, 2.05) is 32.0 Å². The Balaban J connectivity index is 1.97. The van der Waals surface area contributed by atoms with Gasteiger partial charge in [0.05, 0.1) is 16.2 Å². The summed E-state index contributed by atoms with van der Waals surface area (Å²) in [5, 5.41) is 0. The summed E-state index contributed by atoms with van der Waals surface area (Å²) in [6.07, 6.45) is -0.683. The van der Waals surface area contributed by atoms with Crippen molar-refractivity contribution in [2.24, 2.45) is 5.92 Å². The molecule has 126 valence electrons. The number of ether oxygens (including phenoxy) is 1. The largest absolute Gasteiger partial charge is 0.457 e. The first kappa shape index (κ1) is 16.7. The second kappa shape index (κ2) is 6.40. The van der Waals surface area contributed by atoms with E-state index in [0.29, 0.717) is 10.5 Å². The molecule has 1 heterocycles. The molecule has 3 rings (SSSR count). The number of esters is 1. The van der Waals surface area contributed by atoms with Gasteiger partial charge in [0.25, 0.3) is 0 Å². The molecule has 0 spiro atoms. The number of sulfone groups is 1. The molecule has 0 amide bonds. The fraction of sp³-hybridized carbons (Fsp3) is 0.316. The molecule has 0 N–H and O–H groups in total. The van der Waals surface area contributed by atoms with Crippen LogP contribution in [-0.4, -0.2) is 26.2 Å². The van der Waals surface area contributed by atoms with Crippen molar-refractivity contribution < 1.29 is 17.9 Å². The van der Waals surface area contributed by atoms with Gasteiger partial charge in [-0.15, -0.1) is 0 Å².